The number of rotatable bonds is 5. The van der Waals surface area contributed by atoms with E-state index in [0.29, 0.717) is 16.4 Å². The Morgan fingerprint density at radius 2 is 2.11 bits per heavy atom. The molecule has 0 amide bonds. The summed E-state index contributed by atoms with van der Waals surface area (Å²) >= 11 is 1.00. The monoisotopic (exact) mass is 266 g/mol. The first-order valence-corrected chi connectivity index (χ1v) is 5.80. The molecule has 0 aliphatic carbocycles. The number of methoxy groups -OCH3 is 1. The predicted molar refractivity (Wildman–Crippen MR) is 64.2 cm³/mol. The van der Waals surface area contributed by atoms with Gasteiger partial charge in [-0.1, -0.05) is 16.6 Å². The van der Waals surface area contributed by atoms with Crippen LogP contribution in [0, 0.1) is 0 Å². The molecule has 0 atom stereocenters. The number of carbonyl (C=O) groups is 1. The lowest BCUT2D eigenvalue weighted by atomic mass is 10.3. The Hall–Kier alpha value is -2.15. The number of para-hydroxylation sites is 2. The summed E-state index contributed by atoms with van der Waals surface area (Å²) in [6.45, 7) is 0.0969. The molecule has 0 saturated heterocycles. The molecule has 18 heavy (non-hydrogen) atoms. The van der Waals surface area contributed by atoms with Crippen molar-refractivity contribution in [2.24, 2.45) is 0 Å². The van der Waals surface area contributed by atoms with E-state index in [1.807, 2.05) is 6.07 Å². The molecule has 0 unspecified atom stereocenters. The third-order valence-corrected chi connectivity index (χ3v) is 2.88. The van der Waals surface area contributed by atoms with Gasteiger partial charge in [-0.2, -0.15) is 0 Å². The molecule has 0 aliphatic heterocycles. The summed E-state index contributed by atoms with van der Waals surface area (Å²) in [5, 5.41) is 12.4. The quantitative estimate of drug-likeness (QED) is 0.889. The second kappa shape index (κ2) is 5.46. The molecule has 1 heterocycles. The standard InChI is InChI=1S/C11H10N2O4S/c1-16-7-4-2-3-5-8(7)17-6-9-10(11(14)15)12-13-18-9/h2-5H,6H2,1H3,(H,14,15). The minimum Gasteiger partial charge on any atom is -0.493 e. The zero-order valence-corrected chi connectivity index (χ0v) is 10.3. The normalized spacial score (nSPS) is 10.1. The smallest absolute Gasteiger partial charge is 0.357 e. The van der Waals surface area contributed by atoms with Crippen molar-refractivity contribution < 1.29 is 19.4 Å². The molecule has 1 aromatic heterocycles. The number of aromatic carboxylic acids is 1. The molecule has 0 radical (unpaired) electrons. The number of carboxylic acids is 1. The van der Waals surface area contributed by atoms with E-state index in [-0.39, 0.29) is 12.3 Å². The third-order valence-electron chi connectivity index (χ3n) is 2.19. The first-order chi connectivity index (χ1) is 8.72. The summed E-state index contributed by atoms with van der Waals surface area (Å²) in [6, 6.07) is 7.13. The Morgan fingerprint density at radius 3 is 2.78 bits per heavy atom. The molecule has 0 bridgehead atoms. The average molecular weight is 266 g/mol. The lowest BCUT2D eigenvalue weighted by Gasteiger charge is -2.09. The maximum absolute atomic E-state index is 10.8. The van der Waals surface area contributed by atoms with E-state index in [9.17, 15) is 4.79 Å². The highest BCUT2D eigenvalue weighted by atomic mass is 32.1. The van der Waals surface area contributed by atoms with Crippen LogP contribution in [0.4, 0.5) is 0 Å². The average Bonchev–Trinajstić information content (AvgIpc) is 2.85. The van der Waals surface area contributed by atoms with Gasteiger partial charge in [0, 0.05) is 0 Å². The highest BCUT2D eigenvalue weighted by Crippen LogP contribution is 2.27. The molecule has 0 aliphatic rings. The second-order valence-electron chi connectivity index (χ2n) is 3.29. The van der Waals surface area contributed by atoms with Crippen molar-refractivity contribution >= 4 is 17.5 Å². The molecule has 0 spiro atoms. The fourth-order valence-electron chi connectivity index (χ4n) is 1.35. The molecular weight excluding hydrogens is 256 g/mol. The van der Waals surface area contributed by atoms with Crippen LogP contribution in [0.2, 0.25) is 0 Å². The van der Waals surface area contributed by atoms with Gasteiger partial charge in [0.1, 0.15) is 6.61 Å². The Balaban J connectivity index is 2.11. The predicted octanol–water partition coefficient (Wildman–Crippen LogP) is 1.82. The molecule has 94 valence electrons. The highest BCUT2D eigenvalue weighted by Gasteiger charge is 2.16. The first-order valence-electron chi connectivity index (χ1n) is 5.02. The topological polar surface area (TPSA) is 81.5 Å². The van der Waals surface area contributed by atoms with Gasteiger partial charge in [-0.3, -0.25) is 0 Å². The summed E-state index contributed by atoms with van der Waals surface area (Å²) in [5.74, 6) is 0.0268. The largest absolute Gasteiger partial charge is 0.493 e. The van der Waals surface area contributed by atoms with Gasteiger partial charge in [0.15, 0.2) is 17.2 Å². The number of ether oxygens (including phenoxy) is 2. The molecule has 0 fully saturated rings. The Labute approximate surface area is 107 Å². The molecule has 2 rings (SSSR count). The zero-order chi connectivity index (χ0) is 13.0. The fraction of sp³-hybridized carbons (Fsp3) is 0.182. The Kier molecular flexibility index (Phi) is 3.73. The zero-order valence-electron chi connectivity index (χ0n) is 9.49. The number of hydrogen-bond donors (Lipinski definition) is 1. The van der Waals surface area contributed by atoms with E-state index in [1.165, 1.54) is 0 Å². The van der Waals surface area contributed by atoms with Crippen molar-refractivity contribution in [2.75, 3.05) is 7.11 Å². The van der Waals surface area contributed by atoms with Crippen molar-refractivity contribution in [3.63, 3.8) is 0 Å². The Bertz CT molecular complexity index is 555. The van der Waals surface area contributed by atoms with Crippen LogP contribution in [0.5, 0.6) is 11.5 Å². The molecular formula is C11H10N2O4S. The summed E-state index contributed by atoms with van der Waals surface area (Å²) < 4.78 is 14.2. The minimum absolute atomic E-state index is 0.0742. The van der Waals surface area contributed by atoms with E-state index in [0.717, 1.165) is 11.5 Å². The van der Waals surface area contributed by atoms with Gasteiger partial charge in [0.2, 0.25) is 0 Å². The van der Waals surface area contributed by atoms with E-state index in [1.54, 1.807) is 25.3 Å². The van der Waals surface area contributed by atoms with Crippen molar-refractivity contribution in [2.45, 2.75) is 6.61 Å². The van der Waals surface area contributed by atoms with Crippen LogP contribution >= 0.6 is 11.5 Å². The van der Waals surface area contributed by atoms with Gasteiger partial charge < -0.3 is 14.6 Å². The molecule has 6 nitrogen and oxygen atoms in total. The molecule has 2 aromatic rings. The maximum atomic E-state index is 10.8. The Morgan fingerprint density at radius 1 is 1.39 bits per heavy atom. The summed E-state index contributed by atoms with van der Waals surface area (Å²) in [4.78, 5) is 11.3. The summed E-state index contributed by atoms with van der Waals surface area (Å²) in [6.07, 6.45) is 0. The SMILES string of the molecule is COc1ccccc1OCc1snnc1C(=O)O. The van der Waals surface area contributed by atoms with Crippen LogP contribution in [-0.2, 0) is 6.61 Å². The molecule has 1 N–H and O–H groups in total. The van der Waals surface area contributed by atoms with Crippen molar-refractivity contribution in [3.8, 4) is 11.5 Å². The number of benzene rings is 1. The second-order valence-corrected chi connectivity index (χ2v) is 4.13. The van der Waals surface area contributed by atoms with Gasteiger partial charge in [0.05, 0.1) is 12.0 Å². The van der Waals surface area contributed by atoms with Crippen LogP contribution in [0.25, 0.3) is 0 Å². The molecule has 0 saturated carbocycles. The maximum Gasteiger partial charge on any atom is 0.357 e. The fourth-order valence-corrected chi connectivity index (χ4v) is 1.89. The van der Waals surface area contributed by atoms with Crippen molar-refractivity contribution in [3.05, 3.63) is 34.8 Å². The van der Waals surface area contributed by atoms with Gasteiger partial charge in [-0.25, -0.2) is 4.79 Å². The minimum atomic E-state index is -1.11. The van der Waals surface area contributed by atoms with E-state index < -0.39 is 5.97 Å². The van der Waals surface area contributed by atoms with Crippen LogP contribution in [-0.4, -0.2) is 27.8 Å². The van der Waals surface area contributed by atoms with Gasteiger partial charge in [-0.15, -0.1) is 5.10 Å². The van der Waals surface area contributed by atoms with Crippen LogP contribution in [0.15, 0.2) is 24.3 Å². The number of carboxylic acid groups (broad SMARTS) is 1. The van der Waals surface area contributed by atoms with Crippen LogP contribution < -0.4 is 9.47 Å². The van der Waals surface area contributed by atoms with E-state index in [2.05, 4.69) is 9.59 Å². The van der Waals surface area contributed by atoms with Crippen LogP contribution in [0.3, 0.4) is 0 Å². The lowest BCUT2D eigenvalue weighted by molar-refractivity contribution is 0.0687. The van der Waals surface area contributed by atoms with Gasteiger partial charge in [0.25, 0.3) is 0 Å². The van der Waals surface area contributed by atoms with Crippen molar-refractivity contribution in [1.29, 1.82) is 0 Å². The number of aromatic nitrogens is 2. The molecule has 1 aromatic carbocycles. The molecule has 7 heteroatoms. The summed E-state index contributed by atoms with van der Waals surface area (Å²) in [7, 11) is 1.54. The van der Waals surface area contributed by atoms with E-state index >= 15 is 0 Å². The van der Waals surface area contributed by atoms with Gasteiger partial charge in [-0.05, 0) is 23.7 Å². The van der Waals surface area contributed by atoms with Crippen molar-refractivity contribution in [1.82, 2.24) is 9.59 Å². The third kappa shape index (κ3) is 2.57. The first kappa shape index (κ1) is 12.3. The highest BCUT2D eigenvalue weighted by molar-refractivity contribution is 7.05. The van der Waals surface area contributed by atoms with Gasteiger partial charge >= 0.3 is 5.97 Å². The number of nitrogens with zero attached hydrogens (tertiary/aromatic N) is 2. The lowest BCUT2D eigenvalue weighted by Crippen LogP contribution is -2.04. The van der Waals surface area contributed by atoms with Crippen LogP contribution in [0.1, 0.15) is 15.4 Å². The summed E-state index contributed by atoms with van der Waals surface area (Å²) in [5.41, 5.74) is -0.0742. The van der Waals surface area contributed by atoms with E-state index in [4.69, 9.17) is 14.6 Å². The number of hydrogen-bond acceptors (Lipinski definition) is 6.